The number of carbonyl (C=O) groups excluding carboxylic acids is 2. The summed E-state index contributed by atoms with van der Waals surface area (Å²) >= 11 is 3.36. The summed E-state index contributed by atoms with van der Waals surface area (Å²) < 4.78 is 11.2. The Balaban J connectivity index is 0.00000480. The van der Waals surface area contributed by atoms with Gasteiger partial charge in [0.2, 0.25) is 0 Å². The Kier molecular flexibility index (Phi) is 12.0. The summed E-state index contributed by atoms with van der Waals surface area (Å²) in [7, 11) is 0. The highest BCUT2D eigenvalue weighted by atomic mass is 79.9. The normalized spacial score (nSPS) is 11.2. The van der Waals surface area contributed by atoms with Gasteiger partial charge in [-0.25, -0.2) is 4.79 Å². The number of hydrogen-bond donors (Lipinski definition) is 3. The molecule has 1 amide bonds. The Morgan fingerprint density at radius 3 is 2.55 bits per heavy atom. The van der Waals surface area contributed by atoms with Crippen LogP contribution in [0.5, 0.6) is 11.5 Å². The topological polar surface area (TPSA) is 111 Å². The molecular formula is C22H28BrClN2O5. The maximum absolute atomic E-state index is 12.8. The first kappa shape index (κ1) is 26.7. The summed E-state index contributed by atoms with van der Waals surface area (Å²) in [6.45, 7) is 2.93. The fourth-order valence-corrected chi connectivity index (χ4v) is 3.24. The largest absolute Gasteiger partial charge is 0.507 e. The minimum Gasteiger partial charge on any atom is -0.507 e. The van der Waals surface area contributed by atoms with Crippen LogP contribution in [0.25, 0.3) is 0 Å². The minimum absolute atomic E-state index is 0. The van der Waals surface area contributed by atoms with E-state index < -0.39 is 17.9 Å². The molecule has 0 saturated heterocycles. The van der Waals surface area contributed by atoms with Gasteiger partial charge in [0, 0.05) is 12.5 Å². The number of rotatable bonds is 11. The van der Waals surface area contributed by atoms with E-state index in [0.29, 0.717) is 23.4 Å². The molecule has 9 heteroatoms. The molecule has 0 spiro atoms. The van der Waals surface area contributed by atoms with Crippen molar-refractivity contribution in [2.45, 2.75) is 32.2 Å². The van der Waals surface area contributed by atoms with Gasteiger partial charge in [-0.2, -0.15) is 0 Å². The Bertz CT molecular complexity index is 851. The molecule has 2 aromatic carbocycles. The molecule has 0 aliphatic carbocycles. The second-order valence-corrected chi connectivity index (χ2v) is 7.47. The van der Waals surface area contributed by atoms with Crippen LogP contribution >= 0.6 is 28.3 Å². The maximum atomic E-state index is 12.8. The van der Waals surface area contributed by atoms with Crippen molar-refractivity contribution >= 4 is 40.2 Å². The number of ether oxygens (including phenoxy) is 2. The molecule has 0 aromatic heterocycles. The molecule has 0 aliphatic heterocycles. The third-order valence-corrected chi connectivity index (χ3v) is 4.93. The van der Waals surface area contributed by atoms with Crippen LogP contribution in [0.3, 0.4) is 0 Å². The van der Waals surface area contributed by atoms with Gasteiger partial charge in [-0.15, -0.1) is 12.4 Å². The van der Waals surface area contributed by atoms with Gasteiger partial charge in [0.05, 0.1) is 23.2 Å². The quantitative estimate of drug-likeness (QED) is 0.311. The Morgan fingerprint density at radius 2 is 1.90 bits per heavy atom. The highest BCUT2D eigenvalue weighted by Gasteiger charge is 2.25. The zero-order valence-electron chi connectivity index (χ0n) is 17.3. The van der Waals surface area contributed by atoms with E-state index in [1.165, 1.54) is 12.1 Å². The molecule has 31 heavy (non-hydrogen) atoms. The van der Waals surface area contributed by atoms with Gasteiger partial charge in [0.1, 0.15) is 17.5 Å². The van der Waals surface area contributed by atoms with Gasteiger partial charge < -0.3 is 25.6 Å². The summed E-state index contributed by atoms with van der Waals surface area (Å²) in [5.74, 6) is -0.941. The number of hydrogen-bond acceptors (Lipinski definition) is 6. The summed E-state index contributed by atoms with van der Waals surface area (Å²) in [5, 5.41) is 13.0. The molecule has 7 nitrogen and oxygen atoms in total. The molecule has 0 saturated carbocycles. The second-order valence-electron chi connectivity index (χ2n) is 6.61. The van der Waals surface area contributed by atoms with Gasteiger partial charge in [0.25, 0.3) is 5.91 Å². The number of nitrogens with two attached hydrogens (primary N) is 1. The van der Waals surface area contributed by atoms with E-state index in [0.717, 1.165) is 18.4 Å². The standard InChI is InChI=1S/C22H27BrN2O5.ClH/c1-2-29-22(28)18(12-15-8-4-3-5-9-15)25-21(27)16-13-17(23)20(14-19(16)26)30-11-7-6-10-24;/h3-5,8-9,13-14,18,26H,2,6-7,10-12,24H2,1H3,(H,25,27);1H/t18-;/m0./s1. The van der Waals surface area contributed by atoms with E-state index in [1.54, 1.807) is 6.92 Å². The van der Waals surface area contributed by atoms with Crippen LogP contribution in [0.4, 0.5) is 0 Å². The van der Waals surface area contributed by atoms with Gasteiger partial charge in [-0.3, -0.25) is 4.79 Å². The number of carbonyl (C=O) groups is 2. The van der Waals surface area contributed by atoms with Crippen molar-refractivity contribution in [1.29, 1.82) is 0 Å². The van der Waals surface area contributed by atoms with Crippen LogP contribution in [-0.4, -0.2) is 42.8 Å². The van der Waals surface area contributed by atoms with Gasteiger partial charge in [0.15, 0.2) is 0 Å². The van der Waals surface area contributed by atoms with E-state index in [1.807, 2.05) is 30.3 Å². The Labute approximate surface area is 196 Å². The van der Waals surface area contributed by atoms with Gasteiger partial charge in [-0.1, -0.05) is 30.3 Å². The summed E-state index contributed by atoms with van der Waals surface area (Å²) in [6, 6.07) is 11.3. The lowest BCUT2D eigenvalue weighted by Crippen LogP contribution is -2.43. The van der Waals surface area contributed by atoms with Gasteiger partial charge in [-0.05, 0) is 53.9 Å². The predicted molar refractivity (Wildman–Crippen MR) is 125 cm³/mol. The Hall–Kier alpha value is -2.29. The molecule has 0 aliphatic rings. The van der Waals surface area contributed by atoms with Crippen molar-refractivity contribution in [2.75, 3.05) is 19.8 Å². The van der Waals surface area contributed by atoms with Crippen molar-refractivity contribution in [3.63, 3.8) is 0 Å². The molecule has 0 heterocycles. The van der Waals surface area contributed by atoms with Crippen molar-refractivity contribution in [2.24, 2.45) is 5.73 Å². The number of esters is 1. The highest BCUT2D eigenvalue weighted by Crippen LogP contribution is 2.32. The fraction of sp³-hybridized carbons (Fsp3) is 0.364. The third-order valence-electron chi connectivity index (χ3n) is 4.31. The number of nitrogens with one attached hydrogen (secondary N) is 1. The van der Waals surface area contributed by atoms with Gasteiger partial charge >= 0.3 is 5.97 Å². The molecule has 0 radical (unpaired) electrons. The summed E-state index contributed by atoms with van der Waals surface area (Å²) in [6.07, 6.45) is 1.89. The van der Waals surface area contributed by atoms with Crippen molar-refractivity contribution < 1.29 is 24.2 Å². The SMILES string of the molecule is CCOC(=O)[C@H](Cc1ccccc1)NC(=O)c1cc(Br)c(OCCCCN)cc1O.Cl. The van der Waals surface area contributed by atoms with E-state index in [-0.39, 0.29) is 36.7 Å². The minimum atomic E-state index is -0.884. The number of amides is 1. The molecule has 2 aromatic rings. The summed E-state index contributed by atoms with van der Waals surface area (Å²) in [4.78, 5) is 25.1. The van der Waals surface area contributed by atoms with Crippen molar-refractivity contribution in [3.05, 3.63) is 58.1 Å². The maximum Gasteiger partial charge on any atom is 0.328 e. The second kappa shape index (κ2) is 13.9. The van der Waals surface area contributed by atoms with Crippen molar-refractivity contribution in [1.82, 2.24) is 5.32 Å². The number of aromatic hydroxyl groups is 1. The lowest BCUT2D eigenvalue weighted by molar-refractivity contribution is -0.145. The first-order valence-electron chi connectivity index (χ1n) is 9.83. The average molecular weight is 516 g/mol. The molecule has 2 rings (SSSR count). The van der Waals surface area contributed by atoms with Crippen molar-refractivity contribution in [3.8, 4) is 11.5 Å². The number of halogens is 2. The Morgan fingerprint density at radius 1 is 1.19 bits per heavy atom. The number of benzene rings is 2. The van der Waals surface area contributed by atoms with Crippen LogP contribution in [0.2, 0.25) is 0 Å². The first-order chi connectivity index (χ1) is 14.5. The molecule has 170 valence electrons. The summed E-state index contributed by atoms with van der Waals surface area (Å²) in [5.41, 5.74) is 6.37. The highest BCUT2D eigenvalue weighted by molar-refractivity contribution is 9.10. The van der Waals surface area contributed by atoms with Crippen LogP contribution in [0.1, 0.15) is 35.7 Å². The van der Waals surface area contributed by atoms with Crippen LogP contribution in [0, 0.1) is 0 Å². The molecule has 0 bridgehead atoms. The zero-order chi connectivity index (χ0) is 21.9. The average Bonchev–Trinajstić information content (AvgIpc) is 2.73. The lowest BCUT2D eigenvalue weighted by atomic mass is 10.1. The monoisotopic (exact) mass is 514 g/mol. The third kappa shape index (κ3) is 8.40. The molecule has 0 unspecified atom stereocenters. The number of unbranched alkanes of at least 4 members (excludes halogenated alkanes) is 1. The smallest absolute Gasteiger partial charge is 0.328 e. The van der Waals surface area contributed by atoms with Crippen LogP contribution in [-0.2, 0) is 16.0 Å². The van der Waals surface area contributed by atoms with E-state index >= 15 is 0 Å². The molecule has 0 fully saturated rings. The van der Waals surface area contributed by atoms with E-state index in [4.69, 9.17) is 15.2 Å². The molecule has 4 N–H and O–H groups in total. The van der Waals surface area contributed by atoms with E-state index in [2.05, 4.69) is 21.2 Å². The van der Waals surface area contributed by atoms with Crippen LogP contribution < -0.4 is 15.8 Å². The lowest BCUT2D eigenvalue weighted by Gasteiger charge is -2.18. The van der Waals surface area contributed by atoms with E-state index in [9.17, 15) is 14.7 Å². The number of phenolic OH excluding ortho intramolecular Hbond substituents is 1. The molecular weight excluding hydrogens is 488 g/mol. The first-order valence-corrected chi connectivity index (χ1v) is 10.6. The predicted octanol–water partition coefficient (Wildman–Crippen LogP) is 3.60. The fourth-order valence-electron chi connectivity index (χ4n) is 2.79. The zero-order valence-corrected chi connectivity index (χ0v) is 19.7. The van der Waals surface area contributed by atoms with Crippen LogP contribution in [0.15, 0.2) is 46.9 Å². The number of phenols is 1. The molecule has 1 atom stereocenters.